The Labute approximate surface area is 223 Å². The molecule has 9 heteroatoms. The van der Waals surface area contributed by atoms with Crippen molar-refractivity contribution in [2.24, 2.45) is 0 Å². The summed E-state index contributed by atoms with van der Waals surface area (Å²) in [7, 11) is 1.67. The summed E-state index contributed by atoms with van der Waals surface area (Å²) in [4.78, 5) is 15.9. The molecule has 38 heavy (non-hydrogen) atoms. The number of nitrogen functional groups attached to an aromatic ring is 1. The van der Waals surface area contributed by atoms with Gasteiger partial charge in [-0.2, -0.15) is 0 Å². The molecule has 0 bridgehead atoms. The van der Waals surface area contributed by atoms with Crippen LogP contribution in [0.5, 0.6) is 17.2 Å². The minimum atomic E-state index is -0.586. The zero-order valence-corrected chi connectivity index (χ0v) is 23.2. The molecule has 8 nitrogen and oxygen atoms in total. The summed E-state index contributed by atoms with van der Waals surface area (Å²) in [5.74, 6) is 0.587. The van der Waals surface area contributed by atoms with E-state index in [9.17, 15) is 4.79 Å². The number of ether oxygens (including phenoxy) is 3. The molecule has 0 amide bonds. The molecule has 4 rings (SSSR count). The number of aromatic nitrogens is 1. The molecule has 206 valence electrons. The van der Waals surface area contributed by atoms with Crippen LogP contribution in [-0.2, 0) is 12.0 Å². The van der Waals surface area contributed by atoms with Crippen molar-refractivity contribution < 1.29 is 23.4 Å². The van der Waals surface area contributed by atoms with Crippen molar-refractivity contribution >= 4 is 28.1 Å². The number of carbonyl (C=O) groups is 1. The van der Waals surface area contributed by atoms with Gasteiger partial charge in [0.2, 0.25) is 0 Å². The number of piperazine rings is 1. The summed E-state index contributed by atoms with van der Waals surface area (Å²) in [6, 6.07) is 5.52. The maximum absolute atomic E-state index is 15.5. The lowest BCUT2D eigenvalue weighted by Gasteiger charge is -2.33. The molecule has 3 N–H and O–H groups in total. The van der Waals surface area contributed by atoms with Gasteiger partial charge in [-0.3, -0.25) is 4.79 Å². The lowest BCUT2D eigenvalue weighted by Crippen LogP contribution is -2.43. The molecule has 1 saturated heterocycles. The zero-order chi connectivity index (χ0) is 27.6. The number of anilines is 2. The normalized spacial score (nSPS) is 14.1. The number of nitrogens with one attached hydrogen (secondary N) is 1. The third-order valence-corrected chi connectivity index (χ3v) is 6.84. The Morgan fingerprint density at radius 3 is 2.37 bits per heavy atom. The zero-order valence-electron chi connectivity index (χ0n) is 23.2. The Hall–Kier alpha value is -3.46. The van der Waals surface area contributed by atoms with Gasteiger partial charge in [-0.05, 0) is 37.5 Å². The molecule has 0 atom stereocenters. The fourth-order valence-electron chi connectivity index (χ4n) is 4.98. The lowest BCUT2D eigenvalue weighted by atomic mass is 9.84. The highest BCUT2D eigenvalue weighted by Gasteiger charge is 2.28. The van der Waals surface area contributed by atoms with Crippen molar-refractivity contribution in [3.8, 4) is 17.2 Å². The average molecular weight is 527 g/mol. The minimum Gasteiger partial charge on any atom is -0.494 e. The van der Waals surface area contributed by atoms with E-state index in [-0.39, 0.29) is 41.3 Å². The van der Waals surface area contributed by atoms with Crippen LogP contribution in [0.1, 0.15) is 50.5 Å². The number of nitrogens with two attached hydrogens (primary N) is 1. The van der Waals surface area contributed by atoms with E-state index in [0.29, 0.717) is 23.3 Å². The fraction of sp³-hybridized carbons (Fsp3) is 0.483. The number of halogens is 1. The largest absolute Gasteiger partial charge is 0.494 e. The van der Waals surface area contributed by atoms with Gasteiger partial charge in [0, 0.05) is 48.9 Å². The second kappa shape index (κ2) is 11.1. The molecule has 2 aromatic carbocycles. The van der Waals surface area contributed by atoms with Gasteiger partial charge in [0.25, 0.3) is 0 Å². The van der Waals surface area contributed by atoms with Crippen molar-refractivity contribution in [3.05, 3.63) is 41.3 Å². The summed E-state index contributed by atoms with van der Waals surface area (Å²) in [6.07, 6.45) is 1.69. The van der Waals surface area contributed by atoms with E-state index in [4.69, 9.17) is 19.9 Å². The van der Waals surface area contributed by atoms with Gasteiger partial charge in [-0.25, -0.2) is 4.39 Å². The van der Waals surface area contributed by atoms with E-state index in [1.807, 2.05) is 19.1 Å². The first kappa shape index (κ1) is 27.6. The summed E-state index contributed by atoms with van der Waals surface area (Å²) in [5.41, 5.74) is 8.56. The Balaban J connectivity index is 1.77. The minimum absolute atomic E-state index is 0.0308. The molecule has 0 radical (unpaired) electrons. The van der Waals surface area contributed by atoms with Gasteiger partial charge < -0.3 is 34.7 Å². The molecular weight excluding hydrogens is 487 g/mol. The quantitative estimate of drug-likeness (QED) is 0.389. The molecule has 1 fully saturated rings. The van der Waals surface area contributed by atoms with E-state index in [0.717, 1.165) is 43.2 Å². The molecule has 1 aliphatic rings. The molecule has 1 aliphatic heterocycles. The van der Waals surface area contributed by atoms with Crippen molar-refractivity contribution in [1.82, 2.24) is 9.88 Å². The van der Waals surface area contributed by atoms with Crippen molar-refractivity contribution in [3.63, 3.8) is 0 Å². The van der Waals surface area contributed by atoms with Gasteiger partial charge in [-0.15, -0.1) is 0 Å². The van der Waals surface area contributed by atoms with Crippen molar-refractivity contribution in [2.45, 2.75) is 46.6 Å². The molecule has 0 unspecified atom stereocenters. The monoisotopic (exact) mass is 526 g/mol. The molecule has 1 aromatic heterocycles. The lowest BCUT2D eigenvalue weighted by molar-refractivity contribution is 0.0973. The topological polar surface area (TPSA) is 91.0 Å². The number of benzene rings is 2. The van der Waals surface area contributed by atoms with Crippen LogP contribution >= 0.6 is 0 Å². The Bertz CT molecular complexity index is 1320. The summed E-state index contributed by atoms with van der Waals surface area (Å²) >= 11 is 0. The van der Waals surface area contributed by atoms with E-state index in [2.05, 4.69) is 31.0 Å². The first-order valence-corrected chi connectivity index (χ1v) is 13.2. The summed E-state index contributed by atoms with van der Waals surface area (Å²) in [6.45, 7) is 13.9. The molecule has 2 heterocycles. The number of carbonyl (C=O) groups excluding carboxylic acids is 1. The van der Waals surface area contributed by atoms with E-state index < -0.39 is 5.82 Å². The highest BCUT2D eigenvalue weighted by Crippen LogP contribution is 2.42. The second-order valence-corrected chi connectivity index (χ2v) is 10.5. The van der Waals surface area contributed by atoms with Gasteiger partial charge >= 0.3 is 0 Å². The SMILES string of the molecule is CCOc1cc2cn(CC(=O)c3cc(N4CCNCC4)c(OC)c(C(C)(C)C)c3)c(N)c2c(F)c1OCC. The van der Waals surface area contributed by atoms with Gasteiger partial charge in [0.15, 0.2) is 23.1 Å². The Morgan fingerprint density at radius 1 is 1.08 bits per heavy atom. The predicted molar refractivity (Wildman–Crippen MR) is 150 cm³/mol. The van der Waals surface area contributed by atoms with Gasteiger partial charge in [0.1, 0.15) is 11.6 Å². The predicted octanol–water partition coefficient (Wildman–Crippen LogP) is 4.76. The Kier molecular flexibility index (Phi) is 8.06. The van der Waals surface area contributed by atoms with E-state index >= 15 is 4.39 Å². The van der Waals surface area contributed by atoms with Crippen LogP contribution in [0.2, 0.25) is 0 Å². The van der Waals surface area contributed by atoms with Crippen LogP contribution in [-0.4, -0.2) is 56.9 Å². The first-order valence-electron chi connectivity index (χ1n) is 13.2. The number of ketones is 1. The van der Waals surface area contributed by atoms with Crippen molar-refractivity contribution in [2.75, 3.05) is 57.1 Å². The summed E-state index contributed by atoms with van der Waals surface area (Å²) in [5, 5.41) is 4.14. The average Bonchev–Trinajstić information content (AvgIpc) is 3.20. The first-order chi connectivity index (χ1) is 18.1. The number of hydrogen-bond acceptors (Lipinski definition) is 7. The standard InChI is InChI=1S/C29H39FN4O4/c1-7-37-23-15-19-16-34(28(31)24(19)25(30)27(23)38-8-2)17-22(35)18-13-20(29(3,4)5)26(36-6)21(14-18)33-11-9-32-10-12-33/h13-16,32H,7-12,17,31H2,1-6H3. The third kappa shape index (κ3) is 5.25. The summed E-state index contributed by atoms with van der Waals surface area (Å²) < 4.78 is 34.1. The molecule has 0 saturated carbocycles. The number of rotatable bonds is 9. The maximum Gasteiger partial charge on any atom is 0.197 e. The maximum atomic E-state index is 15.5. The molecule has 0 spiro atoms. The highest BCUT2D eigenvalue weighted by molar-refractivity contribution is 6.00. The van der Waals surface area contributed by atoms with Crippen LogP contribution in [0.3, 0.4) is 0 Å². The number of methoxy groups -OCH3 is 1. The van der Waals surface area contributed by atoms with E-state index in [1.165, 1.54) is 0 Å². The molecular formula is C29H39FN4O4. The number of hydrogen-bond donors (Lipinski definition) is 2. The van der Waals surface area contributed by atoms with Crippen molar-refractivity contribution in [1.29, 1.82) is 0 Å². The molecule has 3 aromatic rings. The molecule has 0 aliphatic carbocycles. The smallest absolute Gasteiger partial charge is 0.197 e. The van der Waals surface area contributed by atoms with Crippen LogP contribution < -0.4 is 30.2 Å². The number of fused-ring (bicyclic) bond motifs is 1. The van der Waals surface area contributed by atoms with Crippen LogP contribution in [0.4, 0.5) is 15.9 Å². The second-order valence-electron chi connectivity index (χ2n) is 10.5. The van der Waals surface area contributed by atoms with Gasteiger partial charge in [-0.1, -0.05) is 20.8 Å². The van der Waals surface area contributed by atoms with E-state index in [1.54, 1.807) is 30.9 Å². The van der Waals surface area contributed by atoms with Crippen LogP contribution in [0.15, 0.2) is 24.4 Å². The van der Waals surface area contributed by atoms with Crippen LogP contribution in [0, 0.1) is 5.82 Å². The number of nitrogens with zero attached hydrogens (tertiary/aromatic N) is 2. The fourth-order valence-corrected chi connectivity index (χ4v) is 4.98. The van der Waals surface area contributed by atoms with Gasteiger partial charge in [0.05, 0.1) is 37.9 Å². The third-order valence-electron chi connectivity index (χ3n) is 6.84. The number of Topliss-reactive ketones (excluding diaryl/α,β-unsaturated/α-hetero) is 1. The Morgan fingerprint density at radius 2 is 1.76 bits per heavy atom. The highest BCUT2D eigenvalue weighted by atomic mass is 19.1. The van der Waals surface area contributed by atoms with Crippen LogP contribution in [0.25, 0.3) is 10.8 Å².